The van der Waals surface area contributed by atoms with Gasteiger partial charge in [0.1, 0.15) is 12.8 Å². The van der Waals surface area contributed by atoms with Gasteiger partial charge in [-0.25, -0.2) is 4.39 Å². The molecule has 2 atom stereocenters. The standard InChI is InChI=1S/C7H13FN2O2/c8-6-3-9-1-5(6)2-10-7(12)4-11/h5-6,9,11H,1-4H2,(H,10,12). The number of hydrogen-bond donors (Lipinski definition) is 3. The smallest absolute Gasteiger partial charge is 0.245 e. The van der Waals surface area contributed by atoms with Crippen LogP contribution in [-0.4, -0.2) is 43.4 Å². The largest absolute Gasteiger partial charge is 0.387 e. The summed E-state index contributed by atoms with van der Waals surface area (Å²) in [5.41, 5.74) is 0. The first kappa shape index (κ1) is 9.41. The molecule has 0 bridgehead atoms. The van der Waals surface area contributed by atoms with Gasteiger partial charge in [0.25, 0.3) is 0 Å². The molecule has 1 rings (SSSR count). The summed E-state index contributed by atoms with van der Waals surface area (Å²) in [5.74, 6) is -0.602. The summed E-state index contributed by atoms with van der Waals surface area (Å²) in [4.78, 5) is 10.6. The van der Waals surface area contributed by atoms with Crippen molar-refractivity contribution in [1.82, 2.24) is 10.6 Å². The monoisotopic (exact) mass is 176 g/mol. The first-order chi connectivity index (χ1) is 5.74. The van der Waals surface area contributed by atoms with E-state index in [1.807, 2.05) is 0 Å². The molecule has 12 heavy (non-hydrogen) atoms. The van der Waals surface area contributed by atoms with E-state index in [1.54, 1.807) is 0 Å². The van der Waals surface area contributed by atoms with E-state index in [1.165, 1.54) is 0 Å². The predicted molar refractivity (Wildman–Crippen MR) is 41.4 cm³/mol. The van der Waals surface area contributed by atoms with Crippen LogP contribution in [0.2, 0.25) is 0 Å². The van der Waals surface area contributed by atoms with Crippen LogP contribution in [0.4, 0.5) is 4.39 Å². The lowest BCUT2D eigenvalue weighted by atomic mass is 10.1. The van der Waals surface area contributed by atoms with Gasteiger partial charge >= 0.3 is 0 Å². The van der Waals surface area contributed by atoms with Crippen LogP contribution in [0.1, 0.15) is 0 Å². The molecule has 70 valence electrons. The molecule has 0 spiro atoms. The van der Waals surface area contributed by atoms with Gasteiger partial charge in [-0.15, -0.1) is 0 Å². The van der Waals surface area contributed by atoms with Crippen molar-refractivity contribution in [2.75, 3.05) is 26.2 Å². The number of carbonyl (C=O) groups excluding carboxylic acids is 1. The average Bonchev–Trinajstić information content (AvgIpc) is 2.47. The molecular formula is C7H13FN2O2. The fourth-order valence-electron chi connectivity index (χ4n) is 1.20. The van der Waals surface area contributed by atoms with Crippen molar-refractivity contribution in [3.05, 3.63) is 0 Å². The van der Waals surface area contributed by atoms with Crippen molar-refractivity contribution in [2.24, 2.45) is 5.92 Å². The van der Waals surface area contributed by atoms with E-state index in [0.717, 1.165) is 0 Å². The van der Waals surface area contributed by atoms with E-state index < -0.39 is 18.7 Å². The summed E-state index contributed by atoms with van der Waals surface area (Å²) in [6.45, 7) is 0.719. The van der Waals surface area contributed by atoms with Gasteiger partial charge in [0.15, 0.2) is 0 Å². The molecule has 1 amide bonds. The van der Waals surface area contributed by atoms with Crippen LogP contribution in [0.25, 0.3) is 0 Å². The van der Waals surface area contributed by atoms with E-state index >= 15 is 0 Å². The summed E-state index contributed by atoms with van der Waals surface area (Å²) in [5, 5.41) is 13.7. The third-order valence-corrected chi connectivity index (χ3v) is 1.96. The molecule has 1 fully saturated rings. The Kier molecular flexibility index (Phi) is 3.43. The van der Waals surface area contributed by atoms with Crippen LogP contribution in [0.3, 0.4) is 0 Å². The molecular weight excluding hydrogens is 163 g/mol. The number of halogens is 1. The number of carbonyl (C=O) groups is 1. The van der Waals surface area contributed by atoms with E-state index in [-0.39, 0.29) is 5.92 Å². The Hall–Kier alpha value is -0.680. The van der Waals surface area contributed by atoms with E-state index in [4.69, 9.17) is 5.11 Å². The zero-order valence-corrected chi connectivity index (χ0v) is 6.72. The second-order valence-electron chi connectivity index (χ2n) is 2.90. The van der Waals surface area contributed by atoms with E-state index in [2.05, 4.69) is 10.6 Å². The molecule has 3 N–H and O–H groups in total. The minimum atomic E-state index is -0.885. The fraction of sp³-hybridized carbons (Fsp3) is 0.857. The number of alkyl halides is 1. The molecule has 0 saturated carbocycles. The van der Waals surface area contributed by atoms with Crippen LogP contribution < -0.4 is 10.6 Å². The lowest BCUT2D eigenvalue weighted by Crippen LogP contribution is -2.34. The summed E-state index contributed by atoms with van der Waals surface area (Å²) in [6.07, 6.45) is -0.885. The van der Waals surface area contributed by atoms with Gasteiger partial charge in [-0.3, -0.25) is 4.79 Å². The molecule has 1 heterocycles. The topological polar surface area (TPSA) is 61.4 Å². The Morgan fingerprint density at radius 3 is 2.92 bits per heavy atom. The zero-order chi connectivity index (χ0) is 8.97. The third kappa shape index (κ3) is 2.42. The molecule has 1 aliphatic rings. The molecule has 0 aromatic rings. The van der Waals surface area contributed by atoms with Gasteiger partial charge in [-0.1, -0.05) is 0 Å². The molecule has 1 saturated heterocycles. The highest BCUT2D eigenvalue weighted by Gasteiger charge is 2.26. The summed E-state index contributed by atoms with van der Waals surface area (Å²) >= 11 is 0. The highest BCUT2D eigenvalue weighted by atomic mass is 19.1. The fourth-order valence-corrected chi connectivity index (χ4v) is 1.20. The van der Waals surface area contributed by atoms with Gasteiger partial charge in [0.2, 0.25) is 5.91 Å². The summed E-state index contributed by atoms with van der Waals surface area (Å²) in [6, 6.07) is 0. The van der Waals surface area contributed by atoms with Crippen molar-refractivity contribution in [1.29, 1.82) is 0 Å². The van der Waals surface area contributed by atoms with E-state index in [0.29, 0.717) is 19.6 Å². The predicted octanol–water partition coefficient (Wildman–Crippen LogP) is -1.35. The van der Waals surface area contributed by atoms with Crippen molar-refractivity contribution < 1.29 is 14.3 Å². The summed E-state index contributed by atoms with van der Waals surface area (Å²) in [7, 11) is 0. The number of hydrogen-bond acceptors (Lipinski definition) is 3. The van der Waals surface area contributed by atoms with Crippen LogP contribution in [0.5, 0.6) is 0 Å². The van der Waals surface area contributed by atoms with Crippen LogP contribution in [-0.2, 0) is 4.79 Å². The normalized spacial score (nSPS) is 28.8. The van der Waals surface area contributed by atoms with Crippen LogP contribution in [0.15, 0.2) is 0 Å². The van der Waals surface area contributed by atoms with E-state index in [9.17, 15) is 9.18 Å². The third-order valence-electron chi connectivity index (χ3n) is 1.96. The molecule has 0 radical (unpaired) electrons. The SMILES string of the molecule is O=C(CO)NCC1CNCC1F. The van der Waals surface area contributed by atoms with Crippen molar-refractivity contribution in [3.63, 3.8) is 0 Å². The number of amides is 1. The Morgan fingerprint density at radius 2 is 2.42 bits per heavy atom. The highest BCUT2D eigenvalue weighted by Crippen LogP contribution is 2.10. The lowest BCUT2D eigenvalue weighted by molar-refractivity contribution is -0.124. The molecule has 5 heteroatoms. The minimum Gasteiger partial charge on any atom is -0.387 e. The maximum absolute atomic E-state index is 12.9. The second kappa shape index (κ2) is 4.37. The number of rotatable bonds is 3. The number of aliphatic hydroxyl groups excluding tert-OH is 1. The van der Waals surface area contributed by atoms with Gasteiger partial charge in [-0.05, 0) is 0 Å². The molecule has 1 aliphatic heterocycles. The summed E-state index contributed by atoms with van der Waals surface area (Å²) < 4.78 is 12.9. The number of aliphatic hydroxyl groups is 1. The Labute approximate surface area is 70.1 Å². The van der Waals surface area contributed by atoms with Gasteiger partial charge in [0.05, 0.1) is 0 Å². The van der Waals surface area contributed by atoms with Gasteiger partial charge in [0, 0.05) is 25.6 Å². The molecule has 0 aromatic heterocycles. The van der Waals surface area contributed by atoms with Crippen molar-refractivity contribution in [2.45, 2.75) is 6.17 Å². The van der Waals surface area contributed by atoms with Crippen LogP contribution in [0, 0.1) is 5.92 Å². The number of nitrogens with one attached hydrogen (secondary N) is 2. The van der Waals surface area contributed by atoms with Crippen molar-refractivity contribution in [3.8, 4) is 0 Å². The maximum Gasteiger partial charge on any atom is 0.245 e. The van der Waals surface area contributed by atoms with Gasteiger partial charge in [-0.2, -0.15) is 0 Å². The van der Waals surface area contributed by atoms with Gasteiger partial charge < -0.3 is 15.7 Å². The van der Waals surface area contributed by atoms with Crippen LogP contribution >= 0.6 is 0 Å². The Bertz CT molecular complexity index is 165. The lowest BCUT2D eigenvalue weighted by Gasteiger charge is -2.11. The Balaban J connectivity index is 2.18. The zero-order valence-electron chi connectivity index (χ0n) is 6.72. The maximum atomic E-state index is 12.9. The highest BCUT2D eigenvalue weighted by molar-refractivity contribution is 5.76. The molecule has 0 aliphatic carbocycles. The molecule has 4 nitrogen and oxygen atoms in total. The Morgan fingerprint density at radius 1 is 1.67 bits per heavy atom. The quantitative estimate of drug-likeness (QED) is 0.498. The second-order valence-corrected chi connectivity index (χ2v) is 2.90. The minimum absolute atomic E-state index is 0.152. The molecule has 0 aromatic carbocycles. The van der Waals surface area contributed by atoms with Crippen molar-refractivity contribution >= 4 is 5.91 Å². The molecule has 2 unspecified atom stereocenters. The average molecular weight is 176 g/mol. The first-order valence-corrected chi connectivity index (χ1v) is 3.96. The first-order valence-electron chi connectivity index (χ1n) is 3.96.